The molecule has 1 unspecified atom stereocenters. The van der Waals surface area contributed by atoms with E-state index in [0.29, 0.717) is 5.75 Å². The molecule has 1 aliphatic carbocycles. The summed E-state index contributed by atoms with van der Waals surface area (Å²) in [6.45, 7) is 0. The van der Waals surface area contributed by atoms with E-state index in [1.807, 2.05) is 24.3 Å². The predicted octanol–water partition coefficient (Wildman–Crippen LogP) is 3.52. The van der Waals surface area contributed by atoms with Gasteiger partial charge < -0.3 is 14.7 Å². The van der Waals surface area contributed by atoms with Gasteiger partial charge in [0, 0.05) is 7.05 Å². The van der Waals surface area contributed by atoms with Crippen LogP contribution in [-0.4, -0.2) is 19.3 Å². The van der Waals surface area contributed by atoms with Gasteiger partial charge in [-0.15, -0.1) is 0 Å². The average molecular weight is 269 g/mol. The predicted molar refractivity (Wildman–Crippen MR) is 80.6 cm³/mol. The van der Waals surface area contributed by atoms with E-state index >= 15 is 0 Å². The third-order valence-corrected chi connectivity index (χ3v) is 4.15. The first-order valence-electron chi connectivity index (χ1n) is 6.89. The molecule has 20 heavy (non-hydrogen) atoms. The summed E-state index contributed by atoms with van der Waals surface area (Å²) in [5, 5.41) is 9.96. The molecule has 0 amide bonds. The molecule has 0 saturated heterocycles. The number of hydrogen-bond acceptors (Lipinski definition) is 3. The lowest BCUT2D eigenvalue weighted by molar-refractivity contribution is 0.413. The zero-order chi connectivity index (χ0) is 14.1. The number of nitrogens with zero attached hydrogens (tertiary/aromatic N) is 1. The summed E-state index contributed by atoms with van der Waals surface area (Å²) in [6.07, 6.45) is 1.94. The number of rotatable bonds is 3. The molecule has 0 heterocycles. The van der Waals surface area contributed by atoms with Crippen LogP contribution in [0.3, 0.4) is 0 Å². The summed E-state index contributed by atoms with van der Waals surface area (Å²) in [5.74, 6) is 1.29. The average Bonchev–Trinajstić information content (AvgIpc) is 2.92. The third kappa shape index (κ3) is 1.99. The number of aromatic hydroxyl groups is 1. The molecule has 0 radical (unpaired) electrons. The summed E-state index contributed by atoms with van der Waals surface area (Å²) in [6, 6.07) is 14.1. The Morgan fingerprint density at radius 2 is 1.95 bits per heavy atom. The molecule has 1 atom stereocenters. The maximum atomic E-state index is 9.96. The number of methoxy groups -OCH3 is 1. The molecule has 3 nitrogen and oxygen atoms in total. The highest BCUT2D eigenvalue weighted by atomic mass is 16.5. The largest absolute Gasteiger partial charge is 0.508 e. The maximum Gasteiger partial charge on any atom is 0.142 e. The van der Waals surface area contributed by atoms with Crippen molar-refractivity contribution in [3.8, 4) is 11.5 Å². The fourth-order valence-electron chi connectivity index (χ4n) is 3.10. The summed E-state index contributed by atoms with van der Waals surface area (Å²) in [4.78, 5) is 2.24. The van der Waals surface area contributed by atoms with Crippen molar-refractivity contribution in [3.05, 3.63) is 53.6 Å². The van der Waals surface area contributed by atoms with Crippen LogP contribution in [0.5, 0.6) is 11.5 Å². The molecule has 0 saturated carbocycles. The highest BCUT2D eigenvalue weighted by Gasteiger charge is 2.28. The molecule has 104 valence electrons. The second-order valence-electron chi connectivity index (χ2n) is 5.18. The Morgan fingerprint density at radius 1 is 1.15 bits per heavy atom. The Balaban J connectivity index is 1.98. The topological polar surface area (TPSA) is 32.7 Å². The van der Waals surface area contributed by atoms with Gasteiger partial charge in [-0.3, -0.25) is 0 Å². The van der Waals surface area contributed by atoms with Gasteiger partial charge in [0.2, 0.25) is 0 Å². The molecular formula is C17H19NO2. The lowest BCUT2D eigenvalue weighted by Gasteiger charge is -2.29. The van der Waals surface area contributed by atoms with Gasteiger partial charge >= 0.3 is 0 Å². The van der Waals surface area contributed by atoms with Gasteiger partial charge in [-0.1, -0.05) is 24.3 Å². The van der Waals surface area contributed by atoms with Crippen LogP contribution in [-0.2, 0) is 6.42 Å². The Kier molecular flexibility index (Phi) is 3.26. The van der Waals surface area contributed by atoms with E-state index < -0.39 is 0 Å². The number of fused-ring (bicyclic) bond motifs is 1. The Morgan fingerprint density at radius 3 is 2.75 bits per heavy atom. The zero-order valence-corrected chi connectivity index (χ0v) is 11.8. The van der Waals surface area contributed by atoms with E-state index in [2.05, 4.69) is 24.1 Å². The minimum atomic E-state index is 0.286. The van der Waals surface area contributed by atoms with Gasteiger partial charge in [0.15, 0.2) is 0 Å². The van der Waals surface area contributed by atoms with E-state index in [1.165, 1.54) is 5.56 Å². The molecule has 3 heteroatoms. The van der Waals surface area contributed by atoms with E-state index in [4.69, 9.17) is 4.74 Å². The lowest BCUT2D eigenvalue weighted by Crippen LogP contribution is -2.22. The van der Waals surface area contributed by atoms with Gasteiger partial charge in [0.25, 0.3) is 0 Å². The molecule has 2 aromatic carbocycles. The van der Waals surface area contributed by atoms with Crippen LogP contribution in [0, 0.1) is 0 Å². The number of phenols is 1. The minimum absolute atomic E-state index is 0.286. The quantitative estimate of drug-likeness (QED) is 0.925. The van der Waals surface area contributed by atoms with Gasteiger partial charge in [-0.25, -0.2) is 0 Å². The first kappa shape index (κ1) is 12.9. The van der Waals surface area contributed by atoms with Crippen molar-refractivity contribution in [1.82, 2.24) is 0 Å². The summed E-state index contributed by atoms with van der Waals surface area (Å²) < 4.78 is 5.45. The van der Waals surface area contributed by atoms with Crippen LogP contribution < -0.4 is 9.64 Å². The van der Waals surface area contributed by atoms with Crippen LogP contribution in [0.15, 0.2) is 42.5 Å². The standard InChI is InChI=1S/C17H19NO2/c1-18(15-7-3-4-9-17(15)20-2)14-11-10-13-12(14)6-5-8-16(13)19/h3-9,14,19H,10-11H2,1-2H3. The van der Waals surface area contributed by atoms with Gasteiger partial charge in [0.05, 0.1) is 18.8 Å². The fourth-order valence-corrected chi connectivity index (χ4v) is 3.10. The summed E-state index contributed by atoms with van der Waals surface area (Å²) in [7, 11) is 3.78. The number of phenolic OH excluding ortho intramolecular Hbond substituents is 1. The first-order chi connectivity index (χ1) is 9.72. The molecule has 0 aliphatic heterocycles. The zero-order valence-electron chi connectivity index (χ0n) is 11.8. The van der Waals surface area contributed by atoms with Crippen molar-refractivity contribution in [2.45, 2.75) is 18.9 Å². The smallest absolute Gasteiger partial charge is 0.142 e. The number of ether oxygens (including phenoxy) is 1. The molecule has 3 rings (SSSR count). The number of hydrogen-bond donors (Lipinski definition) is 1. The van der Waals surface area contributed by atoms with Gasteiger partial charge in [-0.05, 0) is 42.2 Å². The second kappa shape index (κ2) is 5.08. The van der Waals surface area contributed by atoms with Crippen molar-refractivity contribution in [1.29, 1.82) is 0 Å². The second-order valence-corrected chi connectivity index (χ2v) is 5.18. The SMILES string of the molecule is COc1ccccc1N(C)C1CCc2c(O)cccc21. The van der Waals surface area contributed by atoms with E-state index in [9.17, 15) is 5.11 Å². The molecular weight excluding hydrogens is 250 g/mol. The van der Waals surface area contributed by atoms with E-state index in [-0.39, 0.29) is 6.04 Å². The monoisotopic (exact) mass is 269 g/mol. The molecule has 2 aromatic rings. The van der Waals surface area contributed by atoms with Crippen molar-refractivity contribution in [3.63, 3.8) is 0 Å². The Labute approximate surface area is 119 Å². The van der Waals surface area contributed by atoms with Crippen molar-refractivity contribution in [2.75, 3.05) is 19.1 Å². The molecule has 0 fully saturated rings. The van der Waals surface area contributed by atoms with Crippen molar-refractivity contribution >= 4 is 5.69 Å². The van der Waals surface area contributed by atoms with Crippen LogP contribution >= 0.6 is 0 Å². The van der Waals surface area contributed by atoms with Crippen LogP contribution in [0.4, 0.5) is 5.69 Å². The van der Waals surface area contributed by atoms with Crippen molar-refractivity contribution < 1.29 is 9.84 Å². The lowest BCUT2D eigenvalue weighted by atomic mass is 10.1. The number of anilines is 1. The maximum absolute atomic E-state index is 9.96. The molecule has 0 spiro atoms. The summed E-state index contributed by atoms with van der Waals surface area (Å²) in [5.41, 5.74) is 3.38. The summed E-state index contributed by atoms with van der Waals surface area (Å²) >= 11 is 0. The fraction of sp³-hybridized carbons (Fsp3) is 0.294. The number of para-hydroxylation sites is 2. The Bertz CT molecular complexity index is 624. The molecule has 0 bridgehead atoms. The minimum Gasteiger partial charge on any atom is -0.508 e. The van der Waals surface area contributed by atoms with E-state index in [0.717, 1.165) is 29.8 Å². The van der Waals surface area contributed by atoms with Crippen LogP contribution in [0.25, 0.3) is 0 Å². The highest BCUT2D eigenvalue weighted by molar-refractivity contribution is 5.60. The van der Waals surface area contributed by atoms with Gasteiger partial charge in [0.1, 0.15) is 11.5 Å². The highest BCUT2D eigenvalue weighted by Crippen LogP contribution is 2.42. The van der Waals surface area contributed by atoms with Crippen LogP contribution in [0.2, 0.25) is 0 Å². The van der Waals surface area contributed by atoms with E-state index in [1.54, 1.807) is 13.2 Å². The Hall–Kier alpha value is -2.16. The molecule has 1 aliphatic rings. The molecule has 1 N–H and O–H groups in total. The van der Waals surface area contributed by atoms with Crippen LogP contribution in [0.1, 0.15) is 23.6 Å². The molecule has 0 aromatic heterocycles. The number of benzene rings is 2. The third-order valence-electron chi connectivity index (χ3n) is 4.15. The van der Waals surface area contributed by atoms with Gasteiger partial charge in [-0.2, -0.15) is 0 Å². The first-order valence-corrected chi connectivity index (χ1v) is 6.89. The normalized spacial score (nSPS) is 16.8. The van der Waals surface area contributed by atoms with Crippen molar-refractivity contribution in [2.24, 2.45) is 0 Å².